The van der Waals surface area contributed by atoms with Gasteiger partial charge in [0.15, 0.2) is 0 Å². The maximum Gasteiger partial charge on any atom is 0.412 e. The van der Waals surface area contributed by atoms with Crippen LogP contribution in [0.4, 0.5) is 4.79 Å². The Morgan fingerprint density at radius 2 is 1.57 bits per heavy atom. The van der Waals surface area contributed by atoms with Gasteiger partial charge >= 0.3 is 18.0 Å². The van der Waals surface area contributed by atoms with Crippen molar-refractivity contribution in [3.63, 3.8) is 0 Å². The van der Waals surface area contributed by atoms with E-state index in [1.165, 1.54) is 14.0 Å². The van der Waals surface area contributed by atoms with E-state index >= 15 is 0 Å². The lowest BCUT2D eigenvalue weighted by molar-refractivity contribution is -0.165. The van der Waals surface area contributed by atoms with Gasteiger partial charge in [0.05, 0.1) is 13.2 Å². The van der Waals surface area contributed by atoms with E-state index in [0.717, 1.165) is 25.7 Å². The Morgan fingerprint density at radius 3 is 2.09 bits per heavy atom. The summed E-state index contributed by atoms with van der Waals surface area (Å²) in [6, 6.07) is 0. The number of methoxy groups -OCH3 is 1. The first-order chi connectivity index (χ1) is 16.4. The number of carbonyl (C=O) groups excluding carboxylic acids is 3. The second-order valence-corrected chi connectivity index (χ2v) is 9.43. The molecule has 9 nitrogen and oxygen atoms in total. The molecule has 0 aliphatic heterocycles. The molecule has 0 saturated heterocycles. The zero-order chi connectivity index (χ0) is 26.9. The number of allylic oxidation sites excluding steroid dienone is 1. The summed E-state index contributed by atoms with van der Waals surface area (Å²) in [5, 5.41) is 2.46. The van der Waals surface area contributed by atoms with Crippen LogP contribution in [0.3, 0.4) is 0 Å². The van der Waals surface area contributed by atoms with Gasteiger partial charge in [0.1, 0.15) is 23.5 Å². The van der Waals surface area contributed by atoms with Crippen LogP contribution in [0, 0.1) is 0 Å². The molecule has 35 heavy (non-hydrogen) atoms. The van der Waals surface area contributed by atoms with Crippen molar-refractivity contribution in [2.45, 2.75) is 117 Å². The highest BCUT2D eigenvalue weighted by Crippen LogP contribution is 2.20. The summed E-state index contributed by atoms with van der Waals surface area (Å²) >= 11 is 0. The summed E-state index contributed by atoms with van der Waals surface area (Å²) in [4.78, 5) is 35.8. The Bertz CT molecular complexity index is 656. The van der Waals surface area contributed by atoms with E-state index in [4.69, 9.17) is 23.7 Å². The van der Waals surface area contributed by atoms with Crippen molar-refractivity contribution >= 4 is 18.0 Å². The van der Waals surface area contributed by atoms with E-state index in [2.05, 4.69) is 19.2 Å². The number of hydrogen-bond acceptors (Lipinski definition) is 8. The average molecular weight is 502 g/mol. The Labute approximate surface area is 211 Å². The molecule has 0 unspecified atom stereocenters. The Balaban J connectivity index is 5.35. The summed E-state index contributed by atoms with van der Waals surface area (Å²) in [5.74, 6) is -1.02. The molecule has 0 bridgehead atoms. The minimum absolute atomic E-state index is 0.0224. The van der Waals surface area contributed by atoms with E-state index < -0.39 is 29.9 Å². The van der Waals surface area contributed by atoms with Crippen LogP contribution in [0.5, 0.6) is 0 Å². The molecule has 9 heteroatoms. The normalized spacial score (nSPS) is 14.6. The molecular weight excluding hydrogens is 454 g/mol. The summed E-state index contributed by atoms with van der Waals surface area (Å²) in [7, 11) is 1.25. The zero-order valence-corrected chi connectivity index (χ0v) is 22.9. The molecular formula is C26H47NO8. The molecule has 0 spiro atoms. The Morgan fingerprint density at radius 1 is 0.971 bits per heavy atom. The predicted molar refractivity (Wildman–Crippen MR) is 134 cm³/mol. The van der Waals surface area contributed by atoms with Gasteiger partial charge in [-0.3, -0.25) is 10.1 Å². The molecule has 1 N–H and O–H groups in total. The Kier molecular flexibility index (Phi) is 17.1. The standard InChI is InChI=1S/C26H47NO8/c1-9-11-17-32-22(23(33-18-12-10-2)19(3)34-20(4)28)16-14-13-15-21(24(29)31-8)27-25(30)35-26(5,6)7/h15,19,22-23H,9-14,16-18H2,1-8H3,(H,27,30)/b21-15-/t19-,22-,23-/m0/s1. The van der Waals surface area contributed by atoms with Crippen molar-refractivity contribution < 1.29 is 38.1 Å². The van der Waals surface area contributed by atoms with Gasteiger partial charge in [-0.05, 0) is 59.8 Å². The first-order valence-electron chi connectivity index (χ1n) is 12.6. The first-order valence-corrected chi connectivity index (χ1v) is 12.6. The number of nitrogens with one attached hydrogen (secondary N) is 1. The van der Waals surface area contributed by atoms with Crippen molar-refractivity contribution in [1.82, 2.24) is 5.32 Å². The number of unbranched alkanes of at least 4 members (excludes halogenated alkanes) is 3. The fraction of sp³-hybridized carbons (Fsp3) is 0.808. The third kappa shape index (κ3) is 16.2. The van der Waals surface area contributed by atoms with Crippen LogP contribution in [0.25, 0.3) is 0 Å². The molecule has 0 radical (unpaired) electrons. The SMILES string of the molecule is CCCCO[C@@H]([C@H](C)OC(C)=O)[C@H](CCC/C=C(\NC(=O)OC(C)(C)C)C(=O)OC)OCCCC. The fourth-order valence-corrected chi connectivity index (χ4v) is 3.23. The fourth-order valence-electron chi connectivity index (χ4n) is 3.23. The topological polar surface area (TPSA) is 109 Å². The van der Waals surface area contributed by atoms with Crippen LogP contribution in [-0.2, 0) is 33.3 Å². The molecule has 3 atom stereocenters. The summed E-state index contributed by atoms with van der Waals surface area (Å²) < 4.78 is 27.7. The zero-order valence-electron chi connectivity index (χ0n) is 22.9. The second kappa shape index (κ2) is 18.2. The number of esters is 2. The number of rotatable bonds is 17. The average Bonchev–Trinajstić information content (AvgIpc) is 2.75. The van der Waals surface area contributed by atoms with Gasteiger partial charge in [-0.2, -0.15) is 0 Å². The largest absolute Gasteiger partial charge is 0.464 e. The smallest absolute Gasteiger partial charge is 0.412 e. The van der Waals surface area contributed by atoms with Crippen LogP contribution < -0.4 is 5.32 Å². The molecule has 204 valence electrons. The monoisotopic (exact) mass is 501 g/mol. The minimum atomic E-state index is -0.727. The molecule has 0 fully saturated rings. The predicted octanol–water partition coefficient (Wildman–Crippen LogP) is 5.06. The molecule has 0 aromatic heterocycles. The lowest BCUT2D eigenvalue weighted by atomic mass is 10.0. The molecule has 0 rings (SSSR count). The van der Waals surface area contributed by atoms with Crippen molar-refractivity contribution in [2.24, 2.45) is 0 Å². The lowest BCUT2D eigenvalue weighted by Crippen LogP contribution is -2.42. The maximum atomic E-state index is 12.1. The summed E-state index contributed by atoms with van der Waals surface area (Å²) in [5.41, 5.74) is -0.672. The van der Waals surface area contributed by atoms with Crippen LogP contribution in [-0.4, -0.2) is 62.3 Å². The number of amides is 1. The quantitative estimate of drug-likeness (QED) is 0.127. The van der Waals surface area contributed by atoms with E-state index in [-0.39, 0.29) is 17.8 Å². The third-order valence-electron chi connectivity index (χ3n) is 4.90. The van der Waals surface area contributed by atoms with Gasteiger partial charge in [0.25, 0.3) is 0 Å². The molecule has 0 saturated carbocycles. The van der Waals surface area contributed by atoms with E-state index in [1.54, 1.807) is 26.8 Å². The molecule has 0 aliphatic carbocycles. The van der Waals surface area contributed by atoms with Gasteiger partial charge in [-0.25, -0.2) is 9.59 Å². The highest BCUT2D eigenvalue weighted by molar-refractivity contribution is 5.92. The molecule has 0 aromatic rings. The maximum absolute atomic E-state index is 12.1. The molecule has 0 aromatic carbocycles. The highest BCUT2D eigenvalue weighted by Gasteiger charge is 2.30. The van der Waals surface area contributed by atoms with Gasteiger partial charge in [0, 0.05) is 20.1 Å². The molecule has 0 heterocycles. The molecule has 1 amide bonds. The van der Waals surface area contributed by atoms with Crippen LogP contribution >= 0.6 is 0 Å². The number of hydrogen-bond donors (Lipinski definition) is 1. The number of ether oxygens (including phenoxy) is 5. The van der Waals surface area contributed by atoms with Gasteiger partial charge in [0.2, 0.25) is 0 Å². The van der Waals surface area contributed by atoms with Crippen molar-refractivity contribution in [3.05, 3.63) is 11.8 Å². The minimum Gasteiger partial charge on any atom is -0.464 e. The van der Waals surface area contributed by atoms with Gasteiger partial charge in [-0.1, -0.05) is 32.8 Å². The Hall–Kier alpha value is -2.13. The van der Waals surface area contributed by atoms with Crippen LogP contribution in [0.2, 0.25) is 0 Å². The number of alkyl carbamates (subject to hydrolysis) is 1. The van der Waals surface area contributed by atoms with Crippen LogP contribution in [0.1, 0.15) is 93.4 Å². The number of carbonyl (C=O) groups is 3. The summed E-state index contributed by atoms with van der Waals surface area (Å²) in [6.45, 7) is 13.7. The van der Waals surface area contributed by atoms with Crippen LogP contribution in [0.15, 0.2) is 11.8 Å². The summed E-state index contributed by atoms with van der Waals surface area (Å²) in [6.07, 6.45) is 5.25. The lowest BCUT2D eigenvalue weighted by Gasteiger charge is -2.31. The van der Waals surface area contributed by atoms with Gasteiger partial charge < -0.3 is 23.7 Å². The van der Waals surface area contributed by atoms with Crippen molar-refractivity contribution in [2.75, 3.05) is 20.3 Å². The van der Waals surface area contributed by atoms with Crippen molar-refractivity contribution in [3.8, 4) is 0 Å². The van der Waals surface area contributed by atoms with E-state index in [1.807, 2.05) is 6.92 Å². The van der Waals surface area contributed by atoms with E-state index in [0.29, 0.717) is 32.5 Å². The molecule has 0 aliphatic rings. The third-order valence-corrected chi connectivity index (χ3v) is 4.90. The highest BCUT2D eigenvalue weighted by atomic mass is 16.6. The van der Waals surface area contributed by atoms with Crippen molar-refractivity contribution in [1.29, 1.82) is 0 Å². The second-order valence-electron chi connectivity index (χ2n) is 9.43. The van der Waals surface area contributed by atoms with Gasteiger partial charge in [-0.15, -0.1) is 0 Å². The van der Waals surface area contributed by atoms with E-state index in [9.17, 15) is 14.4 Å². The first kappa shape index (κ1) is 32.9.